The highest BCUT2D eigenvalue weighted by Crippen LogP contribution is 2.27. The molecule has 1 aromatic rings. The number of nitrogens with one attached hydrogen (secondary N) is 2. The number of carbonyl (C=O) groups is 1. The maximum Gasteiger partial charge on any atom is 0.225 e. The van der Waals surface area contributed by atoms with Gasteiger partial charge in [0.2, 0.25) is 5.91 Å². The summed E-state index contributed by atoms with van der Waals surface area (Å²) in [4.78, 5) is 20.5. The lowest BCUT2D eigenvalue weighted by Gasteiger charge is -2.21. The summed E-state index contributed by atoms with van der Waals surface area (Å²) in [6, 6.07) is 4.46. The van der Waals surface area contributed by atoms with Crippen molar-refractivity contribution in [3.63, 3.8) is 0 Å². The van der Waals surface area contributed by atoms with E-state index in [-0.39, 0.29) is 29.9 Å². The van der Waals surface area contributed by atoms with Gasteiger partial charge in [0.15, 0.2) is 5.96 Å². The number of thiophene rings is 1. The smallest absolute Gasteiger partial charge is 0.225 e. The summed E-state index contributed by atoms with van der Waals surface area (Å²) in [7, 11) is 0. The number of aliphatic imine (C=N–C) groups is 1. The first-order chi connectivity index (χ1) is 11.8. The van der Waals surface area contributed by atoms with E-state index in [4.69, 9.17) is 0 Å². The number of carbonyl (C=O) groups excluding carboxylic acids is 1. The second kappa shape index (κ2) is 10.4. The summed E-state index contributed by atoms with van der Waals surface area (Å²) in [5, 5.41) is 8.89. The zero-order valence-electron chi connectivity index (χ0n) is 14.9. The third-order valence-corrected chi connectivity index (χ3v) is 5.72. The summed E-state index contributed by atoms with van der Waals surface area (Å²) in [5.74, 6) is 1.51. The highest BCUT2D eigenvalue weighted by molar-refractivity contribution is 14.0. The van der Waals surface area contributed by atoms with E-state index in [9.17, 15) is 4.79 Å². The first-order valence-corrected chi connectivity index (χ1v) is 10.00. The van der Waals surface area contributed by atoms with E-state index in [1.807, 2.05) is 0 Å². The Labute approximate surface area is 171 Å². The number of hydrogen-bond donors (Lipinski definition) is 2. The molecular weight excluding hydrogens is 447 g/mol. The van der Waals surface area contributed by atoms with Gasteiger partial charge in [0.05, 0.1) is 6.54 Å². The maximum absolute atomic E-state index is 12.5. The van der Waals surface area contributed by atoms with Crippen molar-refractivity contribution in [1.82, 2.24) is 15.5 Å². The van der Waals surface area contributed by atoms with Crippen molar-refractivity contribution in [1.29, 1.82) is 0 Å². The fourth-order valence-electron chi connectivity index (χ4n) is 3.58. The van der Waals surface area contributed by atoms with Crippen LogP contribution in [-0.4, -0.2) is 42.4 Å². The lowest BCUT2D eigenvalue weighted by Crippen LogP contribution is -2.45. The first-order valence-electron chi connectivity index (χ1n) is 9.12. The topological polar surface area (TPSA) is 56.7 Å². The van der Waals surface area contributed by atoms with Crippen LogP contribution in [0.3, 0.4) is 0 Å². The highest BCUT2D eigenvalue weighted by atomic mass is 127. The van der Waals surface area contributed by atoms with Gasteiger partial charge < -0.3 is 15.5 Å². The van der Waals surface area contributed by atoms with Crippen molar-refractivity contribution in [2.45, 2.75) is 51.6 Å². The zero-order chi connectivity index (χ0) is 16.8. The second-order valence-corrected chi connectivity index (χ2v) is 7.70. The molecule has 0 bridgehead atoms. The molecule has 0 spiro atoms. The molecule has 1 atom stereocenters. The van der Waals surface area contributed by atoms with Crippen LogP contribution < -0.4 is 10.6 Å². The molecule has 3 rings (SSSR count). The van der Waals surface area contributed by atoms with E-state index < -0.39 is 0 Å². The van der Waals surface area contributed by atoms with Crippen molar-refractivity contribution in [2.24, 2.45) is 10.9 Å². The van der Waals surface area contributed by atoms with Crippen molar-refractivity contribution in [3.8, 4) is 0 Å². The van der Waals surface area contributed by atoms with Gasteiger partial charge in [-0.25, -0.2) is 4.99 Å². The molecule has 1 aromatic heterocycles. The van der Waals surface area contributed by atoms with Crippen LogP contribution in [-0.2, 0) is 11.3 Å². The lowest BCUT2D eigenvalue weighted by molar-refractivity contribution is -0.134. The molecule has 2 fully saturated rings. The maximum atomic E-state index is 12.5. The monoisotopic (exact) mass is 476 g/mol. The molecule has 1 saturated heterocycles. The number of amides is 1. The second-order valence-electron chi connectivity index (χ2n) is 6.67. The number of halogens is 1. The molecule has 5 nitrogen and oxygen atoms in total. The van der Waals surface area contributed by atoms with Crippen LogP contribution in [0, 0.1) is 5.92 Å². The van der Waals surface area contributed by atoms with E-state index in [0.717, 1.165) is 44.9 Å². The fourth-order valence-corrected chi connectivity index (χ4v) is 4.21. The Morgan fingerprint density at radius 3 is 2.84 bits per heavy atom. The average Bonchev–Trinajstić information content (AvgIpc) is 3.33. The zero-order valence-corrected chi connectivity index (χ0v) is 18.0. The molecule has 25 heavy (non-hydrogen) atoms. The third kappa shape index (κ3) is 5.84. The molecule has 2 aliphatic rings. The molecular formula is C18H29IN4OS. The van der Waals surface area contributed by atoms with Crippen LogP contribution in [0.1, 0.15) is 43.9 Å². The number of hydrogen-bond acceptors (Lipinski definition) is 3. The molecule has 1 unspecified atom stereocenters. The van der Waals surface area contributed by atoms with Gasteiger partial charge in [-0.05, 0) is 37.6 Å². The minimum Gasteiger partial charge on any atom is -0.357 e. The van der Waals surface area contributed by atoms with Crippen LogP contribution in [0.2, 0.25) is 0 Å². The van der Waals surface area contributed by atoms with Crippen LogP contribution in [0.4, 0.5) is 0 Å². The number of likely N-dealkylation sites (tertiary alicyclic amines) is 1. The Hall–Kier alpha value is -0.830. The van der Waals surface area contributed by atoms with E-state index in [0.29, 0.717) is 18.5 Å². The number of guanidine groups is 1. The van der Waals surface area contributed by atoms with Crippen molar-refractivity contribution < 1.29 is 4.79 Å². The Morgan fingerprint density at radius 1 is 1.36 bits per heavy atom. The largest absolute Gasteiger partial charge is 0.357 e. The van der Waals surface area contributed by atoms with Crippen LogP contribution in [0.5, 0.6) is 0 Å². The number of rotatable bonds is 5. The Kier molecular flexibility index (Phi) is 8.48. The molecule has 0 radical (unpaired) electrons. The molecule has 2 heterocycles. The van der Waals surface area contributed by atoms with Gasteiger partial charge in [-0.3, -0.25) is 4.79 Å². The van der Waals surface area contributed by atoms with Crippen LogP contribution >= 0.6 is 35.3 Å². The van der Waals surface area contributed by atoms with E-state index in [2.05, 4.69) is 45.0 Å². The van der Waals surface area contributed by atoms with Gasteiger partial charge >= 0.3 is 0 Å². The van der Waals surface area contributed by atoms with Gasteiger partial charge in [-0.1, -0.05) is 18.9 Å². The van der Waals surface area contributed by atoms with Crippen LogP contribution in [0.25, 0.3) is 0 Å². The predicted octanol–water partition coefficient (Wildman–Crippen LogP) is 3.21. The Bertz CT molecular complexity index is 557. The van der Waals surface area contributed by atoms with Crippen LogP contribution in [0.15, 0.2) is 22.5 Å². The summed E-state index contributed by atoms with van der Waals surface area (Å²) in [6.07, 6.45) is 5.59. The number of nitrogens with zero attached hydrogens (tertiary/aromatic N) is 2. The summed E-state index contributed by atoms with van der Waals surface area (Å²) in [5.41, 5.74) is 0. The van der Waals surface area contributed by atoms with E-state index in [1.165, 1.54) is 17.7 Å². The molecule has 1 aliphatic carbocycles. The highest BCUT2D eigenvalue weighted by Gasteiger charge is 2.32. The van der Waals surface area contributed by atoms with Gasteiger partial charge in [-0.15, -0.1) is 35.3 Å². The fraction of sp³-hybridized carbons (Fsp3) is 0.667. The summed E-state index contributed by atoms with van der Waals surface area (Å²) >= 11 is 1.73. The van der Waals surface area contributed by atoms with Gasteiger partial charge in [0.1, 0.15) is 0 Å². The molecule has 140 valence electrons. The molecule has 7 heteroatoms. The van der Waals surface area contributed by atoms with Gasteiger partial charge in [0.25, 0.3) is 0 Å². The molecule has 1 saturated carbocycles. The summed E-state index contributed by atoms with van der Waals surface area (Å²) in [6.45, 7) is 5.29. The van der Waals surface area contributed by atoms with E-state index in [1.54, 1.807) is 11.3 Å². The predicted molar refractivity (Wildman–Crippen MR) is 115 cm³/mol. The van der Waals surface area contributed by atoms with Crippen molar-refractivity contribution >= 4 is 47.2 Å². The minimum atomic E-state index is 0. The van der Waals surface area contributed by atoms with Gasteiger partial charge in [0, 0.05) is 36.5 Å². The molecule has 1 amide bonds. The minimum absolute atomic E-state index is 0. The Balaban J connectivity index is 0.00000225. The third-order valence-electron chi connectivity index (χ3n) is 4.86. The van der Waals surface area contributed by atoms with E-state index >= 15 is 0 Å². The van der Waals surface area contributed by atoms with Crippen molar-refractivity contribution in [3.05, 3.63) is 22.4 Å². The SMILES string of the molecule is CCNC(=NCc1cccs1)NC1CCN(C(=O)C2CCCC2)C1.I. The van der Waals surface area contributed by atoms with Crippen molar-refractivity contribution in [2.75, 3.05) is 19.6 Å². The lowest BCUT2D eigenvalue weighted by atomic mass is 10.1. The standard InChI is InChI=1S/C18H28N4OS.HI/c1-2-19-18(20-12-16-8-5-11-24-16)21-15-9-10-22(13-15)17(23)14-6-3-4-7-14;/h5,8,11,14-15H,2-4,6-7,9-10,12-13H2,1H3,(H2,19,20,21);1H. The average molecular weight is 476 g/mol. The molecule has 2 N–H and O–H groups in total. The van der Waals surface area contributed by atoms with Gasteiger partial charge in [-0.2, -0.15) is 0 Å². The quantitative estimate of drug-likeness (QED) is 0.390. The normalized spacial score (nSPS) is 21.2. The molecule has 0 aromatic carbocycles. The summed E-state index contributed by atoms with van der Waals surface area (Å²) < 4.78 is 0. The molecule has 1 aliphatic heterocycles. The first kappa shape index (κ1) is 20.5. The Morgan fingerprint density at radius 2 is 2.16 bits per heavy atom.